The Hall–Kier alpha value is -1.96. The van der Waals surface area contributed by atoms with Crippen molar-refractivity contribution in [1.82, 2.24) is 15.4 Å². The molecule has 2 N–H and O–H groups in total. The van der Waals surface area contributed by atoms with Gasteiger partial charge in [0.1, 0.15) is 11.9 Å². The lowest BCUT2D eigenvalue weighted by molar-refractivity contribution is -0.143. The minimum atomic E-state index is -1.37. The quantitative estimate of drug-likeness (QED) is 0.389. The van der Waals surface area contributed by atoms with Crippen molar-refractivity contribution < 1.29 is 19.1 Å². The smallest absolute Gasteiger partial charge is 0.249 e. The summed E-state index contributed by atoms with van der Waals surface area (Å²) in [5.41, 5.74) is 2.08. The Morgan fingerprint density at radius 2 is 2.09 bits per heavy atom. The maximum absolute atomic E-state index is 15.6. The first-order chi connectivity index (χ1) is 16.0. The Morgan fingerprint density at radius 3 is 2.76 bits per heavy atom. The molecule has 2 aromatic rings. The summed E-state index contributed by atoms with van der Waals surface area (Å²) in [6.45, 7) is 2.65. The SMILES string of the molecule is COc1ccc2ncc(Cl)c(C(F)CCC3(C(=O)NO)CCN(CC4CCCC4)CC3)c2c1. The molecule has 180 valence electrons. The highest BCUT2D eigenvalue weighted by Crippen LogP contribution is 2.42. The number of piperidine rings is 1. The molecule has 2 fully saturated rings. The summed E-state index contributed by atoms with van der Waals surface area (Å²) < 4.78 is 20.9. The van der Waals surface area contributed by atoms with Crippen LogP contribution < -0.4 is 10.2 Å². The average molecular weight is 478 g/mol. The standard InChI is InChI=1S/C25H33ClFN3O3/c1-33-18-6-7-22-19(14-18)23(20(26)15-28-22)21(27)8-9-25(24(31)29-32)10-12-30(13-11-25)16-17-4-2-3-5-17/h6-7,14-15,17,21,32H,2-5,8-13,16H2,1H3,(H,29,31). The maximum Gasteiger partial charge on any atom is 0.249 e. The first-order valence-electron chi connectivity index (χ1n) is 11.9. The molecule has 6 nitrogen and oxygen atoms in total. The van der Waals surface area contributed by atoms with E-state index in [1.54, 1.807) is 25.3 Å². The fraction of sp³-hybridized carbons (Fsp3) is 0.600. The van der Waals surface area contributed by atoms with E-state index in [2.05, 4.69) is 9.88 Å². The number of hydrogen-bond acceptors (Lipinski definition) is 5. The first kappa shape index (κ1) is 24.2. The van der Waals surface area contributed by atoms with Gasteiger partial charge in [0.25, 0.3) is 0 Å². The molecule has 0 spiro atoms. The number of nitrogens with zero attached hydrogens (tertiary/aromatic N) is 2. The molecule has 8 heteroatoms. The minimum absolute atomic E-state index is 0.131. The molecule has 2 heterocycles. The van der Waals surface area contributed by atoms with Crippen LogP contribution in [0.15, 0.2) is 24.4 Å². The Morgan fingerprint density at radius 1 is 1.36 bits per heavy atom. The molecule has 1 saturated heterocycles. The van der Waals surface area contributed by atoms with Gasteiger partial charge >= 0.3 is 0 Å². The third kappa shape index (κ3) is 5.26. The van der Waals surface area contributed by atoms with Crippen LogP contribution in [0.25, 0.3) is 10.9 Å². The van der Waals surface area contributed by atoms with Gasteiger partial charge in [0.15, 0.2) is 0 Å². The van der Waals surface area contributed by atoms with Crippen molar-refractivity contribution in [2.24, 2.45) is 11.3 Å². The third-order valence-electron chi connectivity index (χ3n) is 7.65. The number of carbonyl (C=O) groups is 1. The number of methoxy groups -OCH3 is 1. The molecule has 1 amide bonds. The Labute approximate surface area is 199 Å². The van der Waals surface area contributed by atoms with E-state index in [4.69, 9.17) is 16.3 Å². The molecule has 2 aliphatic rings. The molecule has 1 aliphatic heterocycles. The van der Waals surface area contributed by atoms with Crippen LogP contribution in [0.5, 0.6) is 5.75 Å². The number of nitrogens with one attached hydrogen (secondary N) is 1. The Bertz CT molecular complexity index is 975. The Kier molecular flexibility index (Phi) is 7.72. The van der Waals surface area contributed by atoms with Crippen molar-refractivity contribution in [2.45, 2.75) is 57.5 Å². The van der Waals surface area contributed by atoms with Crippen molar-refractivity contribution in [3.8, 4) is 5.75 Å². The molecule has 1 aromatic heterocycles. The molecule has 4 rings (SSSR count). The van der Waals surface area contributed by atoms with Crippen molar-refractivity contribution in [2.75, 3.05) is 26.7 Å². The summed E-state index contributed by atoms with van der Waals surface area (Å²) in [6, 6.07) is 5.30. The number of halogens is 2. The van der Waals surface area contributed by atoms with Gasteiger partial charge in [-0.15, -0.1) is 0 Å². The summed E-state index contributed by atoms with van der Waals surface area (Å²) in [6.07, 6.45) is 6.98. The van der Waals surface area contributed by atoms with Crippen molar-refractivity contribution in [3.63, 3.8) is 0 Å². The highest BCUT2D eigenvalue weighted by molar-refractivity contribution is 6.32. The largest absolute Gasteiger partial charge is 0.497 e. The van der Waals surface area contributed by atoms with Crippen LogP contribution in [0, 0.1) is 11.3 Å². The fourth-order valence-electron chi connectivity index (χ4n) is 5.59. The first-order valence-corrected chi connectivity index (χ1v) is 12.3. The zero-order valence-corrected chi connectivity index (χ0v) is 19.9. The molecule has 1 aromatic carbocycles. The predicted octanol–water partition coefficient (Wildman–Crippen LogP) is 5.47. The number of alkyl halides is 1. The summed E-state index contributed by atoms with van der Waals surface area (Å²) in [7, 11) is 1.56. The van der Waals surface area contributed by atoms with Crippen molar-refractivity contribution in [3.05, 3.63) is 35.0 Å². The van der Waals surface area contributed by atoms with Gasteiger partial charge in [-0.1, -0.05) is 24.4 Å². The van der Waals surface area contributed by atoms with E-state index in [1.807, 2.05) is 5.48 Å². The van der Waals surface area contributed by atoms with Gasteiger partial charge in [-0.05, 0) is 75.7 Å². The summed E-state index contributed by atoms with van der Waals surface area (Å²) in [4.78, 5) is 19.4. The summed E-state index contributed by atoms with van der Waals surface area (Å²) >= 11 is 6.37. The fourth-order valence-corrected chi connectivity index (χ4v) is 5.86. The molecule has 1 saturated carbocycles. The van der Waals surface area contributed by atoms with Gasteiger partial charge in [-0.3, -0.25) is 15.0 Å². The lowest BCUT2D eigenvalue weighted by atomic mass is 9.73. The highest BCUT2D eigenvalue weighted by atomic mass is 35.5. The number of rotatable bonds is 8. The highest BCUT2D eigenvalue weighted by Gasteiger charge is 2.42. The van der Waals surface area contributed by atoms with E-state index < -0.39 is 17.5 Å². The number of ether oxygens (including phenoxy) is 1. The lowest BCUT2D eigenvalue weighted by Crippen LogP contribution is -2.49. The maximum atomic E-state index is 15.6. The lowest BCUT2D eigenvalue weighted by Gasteiger charge is -2.41. The molecule has 1 atom stereocenters. The molecule has 0 bridgehead atoms. The van der Waals surface area contributed by atoms with E-state index in [-0.39, 0.29) is 11.4 Å². The molecule has 33 heavy (non-hydrogen) atoms. The molecule has 0 radical (unpaired) electrons. The van der Waals surface area contributed by atoms with E-state index >= 15 is 4.39 Å². The second-order valence-corrected chi connectivity index (χ2v) is 9.99. The van der Waals surface area contributed by atoms with Crippen LogP contribution in [0.3, 0.4) is 0 Å². The number of hydrogen-bond donors (Lipinski definition) is 2. The normalized spacial score (nSPS) is 20.1. The van der Waals surface area contributed by atoms with Gasteiger partial charge in [-0.25, -0.2) is 9.87 Å². The number of aromatic nitrogens is 1. The number of likely N-dealkylation sites (tertiary alicyclic amines) is 1. The summed E-state index contributed by atoms with van der Waals surface area (Å²) in [5, 5.41) is 10.3. The number of amides is 1. The van der Waals surface area contributed by atoms with E-state index in [0.717, 1.165) is 25.6 Å². The van der Waals surface area contributed by atoms with Crippen LogP contribution in [-0.4, -0.2) is 47.7 Å². The number of fused-ring (bicyclic) bond motifs is 1. The minimum Gasteiger partial charge on any atom is -0.497 e. The van der Waals surface area contributed by atoms with Gasteiger partial charge in [0, 0.05) is 23.7 Å². The number of benzene rings is 1. The monoisotopic (exact) mass is 477 g/mol. The van der Waals surface area contributed by atoms with Crippen LogP contribution in [0.2, 0.25) is 5.02 Å². The van der Waals surface area contributed by atoms with Crippen LogP contribution >= 0.6 is 11.6 Å². The van der Waals surface area contributed by atoms with Gasteiger partial charge in [0.05, 0.1) is 23.1 Å². The van der Waals surface area contributed by atoms with E-state index in [1.165, 1.54) is 31.9 Å². The average Bonchev–Trinajstić information content (AvgIpc) is 3.35. The zero-order chi connectivity index (χ0) is 23.4. The zero-order valence-electron chi connectivity index (χ0n) is 19.2. The number of hydroxylamine groups is 1. The van der Waals surface area contributed by atoms with E-state index in [9.17, 15) is 10.0 Å². The number of pyridine rings is 1. The van der Waals surface area contributed by atoms with Crippen LogP contribution in [0.4, 0.5) is 4.39 Å². The second-order valence-electron chi connectivity index (χ2n) is 9.58. The van der Waals surface area contributed by atoms with Crippen molar-refractivity contribution in [1.29, 1.82) is 0 Å². The van der Waals surface area contributed by atoms with Crippen LogP contribution in [-0.2, 0) is 4.79 Å². The van der Waals surface area contributed by atoms with Gasteiger partial charge in [-0.2, -0.15) is 0 Å². The molecular weight excluding hydrogens is 445 g/mol. The topological polar surface area (TPSA) is 74.7 Å². The molecular formula is C25H33ClFN3O3. The van der Waals surface area contributed by atoms with Crippen molar-refractivity contribution >= 4 is 28.4 Å². The second kappa shape index (κ2) is 10.5. The van der Waals surface area contributed by atoms with Gasteiger partial charge < -0.3 is 9.64 Å². The van der Waals surface area contributed by atoms with E-state index in [0.29, 0.717) is 41.5 Å². The number of carbonyl (C=O) groups excluding carboxylic acids is 1. The summed E-state index contributed by atoms with van der Waals surface area (Å²) in [5.74, 6) is 0.937. The molecule has 1 unspecified atom stereocenters. The predicted molar refractivity (Wildman–Crippen MR) is 126 cm³/mol. The van der Waals surface area contributed by atoms with Gasteiger partial charge in [0.2, 0.25) is 5.91 Å². The Balaban J connectivity index is 1.47. The third-order valence-corrected chi connectivity index (χ3v) is 7.95. The molecule has 1 aliphatic carbocycles. The van der Waals surface area contributed by atoms with Crippen LogP contribution in [0.1, 0.15) is 63.1 Å².